The number of carbonyl (C=O) groups excluding carboxylic acids is 3. The molecule has 0 aliphatic carbocycles. The zero-order valence-electron chi connectivity index (χ0n) is 7.71. The normalized spacial score (nSPS) is 11.3. The third-order valence-electron chi connectivity index (χ3n) is 1.10. The maximum Gasteiger partial charge on any atom is 0.304 e. The maximum absolute atomic E-state index is 11.0. The van der Waals surface area contributed by atoms with E-state index in [-0.39, 0.29) is 0 Å². The standard InChI is InChI=1S/C7H12N2O4/c1-4(10)9-7(6(12)8-3)13-5(2)11/h7H,1-3H3,(H,8,12)(H,9,10). The first-order chi connectivity index (χ1) is 5.97. The smallest absolute Gasteiger partial charge is 0.304 e. The van der Waals surface area contributed by atoms with E-state index in [4.69, 9.17) is 0 Å². The molecule has 2 amide bonds. The lowest BCUT2D eigenvalue weighted by Gasteiger charge is -2.15. The quantitative estimate of drug-likeness (QED) is 0.428. The Bertz CT molecular complexity index is 211. The molecule has 1 unspecified atom stereocenters. The summed E-state index contributed by atoms with van der Waals surface area (Å²) >= 11 is 0. The van der Waals surface area contributed by atoms with Crippen LogP contribution in [0.1, 0.15) is 13.8 Å². The Labute approximate surface area is 75.6 Å². The zero-order chi connectivity index (χ0) is 10.4. The largest absolute Gasteiger partial charge is 0.432 e. The zero-order valence-corrected chi connectivity index (χ0v) is 7.71. The minimum Gasteiger partial charge on any atom is -0.432 e. The summed E-state index contributed by atoms with van der Waals surface area (Å²) in [5.74, 6) is -1.66. The van der Waals surface area contributed by atoms with Gasteiger partial charge in [0.05, 0.1) is 0 Å². The van der Waals surface area contributed by atoms with E-state index in [1.165, 1.54) is 14.0 Å². The van der Waals surface area contributed by atoms with Crippen molar-refractivity contribution in [1.82, 2.24) is 10.6 Å². The molecule has 0 aliphatic rings. The van der Waals surface area contributed by atoms with E-state index in [1.807, 2.05) is 0 Å². The number of hydrogen-bond acceptors (Lipinski definition) is 4. The van der Waals surface area contributed by atoms with E-state index in [0.29, 0.717) is 0 Å². The van der Waals surface area contributed by atoms with Gasteiger partial charge in [-0.2, -0.15) is 0 Å². The minimum atomic E-state index is -1.25. The van der Waals surface area contributed by atoms with Crippen molar-refractivity contribution in [1.29, 1.82) is 0 Å². The third kappa shape index (κ3) is 4.78. The molecule has 0 aromatic heterocycles. The number of esters is 1. The highest BCUT2D eigenvalue weighted by molar-refractivity contribution is 5.87. The molecule has 0 saturated heterocycles. The number of likely N-dealkylation sites (N-methyl/N-ethyl adjacent to an activating group) is 1. The fourth-order valence-corrected chi connectivity index (χ4v) is 0.630. The Kier molecular flexibility index (Phi) is 4.50. The van der Waals surface area contributed by atoms with E-state index in [1.54, 1.807) is 0 Å². The summed E-state index contributed by atoms with van der Waals surface area (Å²) in [5.41, 5.74) is 0. The molecule has 0 aromatic carbocycles. The van der Waals surface area contributed by atoms with Gasteiger partial charge in [-0.25, -0.2) is 0 Å². The van der Waals surface area contributed by atoms with Gasteiger partial charge in [-0.3, -0.25) is 14.4 Å². The molecule has 0 radical (unpaired) electrons. The first kappa shape index (κ1) is 11.4. The highest BCUT2D eigenvalue weighted by Crippen LogP contribution is 1.88. The first-order valence-corrected chi connectivity index (χ1v) is 3.63. The van der Waals surface area contributed by atoms with Crippen molar-refractivity contribution in [2.24, 2.45) is 0 Å². The van der Waals surface area contributed by atoms with Crippen molar-refractivity contribution in [3.05, 3.63) is 0 Å². The molecular formula is C7H12N2O4. The number of ether oxygens (including phenoxy) is 1. The third-order valence-corrected chi connectivity index (χ3v) is 1.10. The first-order valence-electron chi connectivity index (χ1n) is 3.63. The lowest BCUT2D eigenvalue weighted by atomic mass is 10.5. The molecule has 0 aliphatic heterocycles. The van der Waals surface area contributed by atoms with Crippen LogP contribution >= 0.6 is 0 Å². The maximum atomic E-state index is 11.0. The van der Waals surface area contributed by atoms with Gasteiger partial charge in [-0.1, -0.05) is 0 Å². The summed E-state index contributed by atoms with van der Waals surface area (Å²) in [4.78, 5) is 32.1. The number of rotatable bonds is 3. The van der Waals surface area contributed by atoms with E-state index in [9.17, 15) is 14.4 Å². The minimum absolute atomic E-state index is 0.449. The summed E-state index contributed by atoms with van der Waals surface area (Å²) in [7, 11) is 1.38. The van der Waals surface area contributed by atoms with Crippen molar-refractivity contribution >= 4 is 17.8 Å². The molecule has 0 aromatic rings. The summed E-state index contributed by atoms with van der Waals surface area (Å²) in [6, 6.07) is 0. The predicted molar refractivity (Wildman–Crippen MR) is 43.4 cm³/mol. The number of nitrogens with one attached hydrogen (secondary N) is 2. The van der Waals surface area contributed by atoms with Gasteiger partial charge in [0.1, 0.15) is 0 Å². The van der Waals surface area contributed by atoms with Crippen LogP contribution in [0.15, 0.2) is 0 Å². The molecule has 13 heavy (non-hydrogen) atoms. The van der Waals surface area contributed by atoms with Crippen LogP contribution in [-0.4, -0.2) is 31.1 Å². The van der Waals surface area contributed by atoms with Gasteiger partial charge in [0.2, 0.25) is 5.91 Å². The summed E-state index contributed by atoms with van der Waals surface area (Å²) in [6.07, 6.45) is -1.25. The Morgan fingerprint density at radius 3 is 2.08 bits per heavy atom. The van der Waals surface area contributed by atoms with Crippen LogP contribution in [0.25, 0.3) is 0 Å². The Morgan fingerprint density at radius 2 is 1.77 bits per heavy atom. The number of carbonyl (C=O) groups is 3. The van der Waals surface area contributed by atoms with Gasteiger partial charge in [-0.05, 0) is 0 Å². The average molecular weight is 188 g/mol. The van der Waals surface area contributed by atoms with Gasteiger partial charge < -0.3 is 15.4 Å². The van der Waals surface area contributed by atoms with Gasteiger partial charge in [0.25, 0.3) is 12.1 Å². The van der Waals surface area contributed by atoms with E-state index in [0.717, 1.165) is 6.92 Å². The van der Waals surface area contributed by atoms with Crippen LogP contribution in [-0.2, 0) is 19.1 Å². The summed E-state index contributed by atoms with van der Waals surface area (Å²) in [6.45, 7) is 2.37. The highest BCUT2D eigenvalue weighted by Gasteiger charge is 2.20. The van der Waals surface area contributed by atoms with E-state index >= 15 is 0 Å². The van der Waals surface area contributed by atoms with Crippen LogP contribution in [0.5, 0.6) is 0 Å². The molecule has 0 spiro atoms. The summed E-state index contributed by atoms with van der Waals surface area (Å²) in [5, 5.41) is 4.41. The van der Waals surface area contributed by atoms with Crippen LogP contribution < -0.4 is 10.6 Å². The van der Waals surface area contributed by atoms with Crippen LogP contribution in [0, 0.1) is 0 Å². The van der Waals surface area contributed by atoms with E-state index < -0.39 is 24.0 Å². The molecule has 1 atom stereocenters. The van der Waals surface area contributed by atoms with Crippen LogP contribution in [0.3, 0.4) is 0 Å². The second-order valence-electron chi connectivity index (χ2n) is 2.30. The number of hydrogen-bond donors (Lipinski definition) is 2. The highest BCUT2D eigenvalue weighted by atomic mass is 16.6. The van der Waals surface area contributed by atoms with Crippen molar-refractivity contribution in [2.45, 2.75) is 20.1 Å². The average Bonchev–Trinajstić information content (AvgIpc) is 2.00. The molecule has 2 N–H and O–H groups in total. The fraction of sp³-hybridized carbons (Fsp3) is 0.571. The van der Waals surface area contributed by atoms with Crippen molar-refractivity contribution in [2.75, 3.05) is 7.05 Å². The Balaban J connectivity index is 4.26. The van der Waals surface area contributed by atoms with Gasteiger partial charge in [0.15, 0.2) is 0 Å². The van der Waals surface area contributed by atoms with Gasteiger partial charge >= 0.3 is 5.97 Å². The van der Waals surface area contributed by atoms with Crippen LogP contribution in [0.4, 0.5) is 0 Å². The molecular weight excluding hydrogens is 176 g/mol. The van der Waals surface area contributed by atoms with Gasteiger partial charge in [-0.15, -0.1) is 0 Å². The molecule has 6 nitrogen and oxygen atoms in total. The number of amides is 2. The van der Waals surface area contributed by atoms with Gasteiger partial charge in [0, 0.05) is 20.9 Å². The molecule has 74 valence electrons. The lowest BCUT2D eigenvalue weighted by molar-refractivity contribution is -0.157. The monoisotopic (exact) mass is 188 g/mol. The fourth-order valence-electron chi connectivity index (χ4n) is 0.630. The lowest BCUT2D eigenvalue weighted by Crippen LogP contribution is -2.47. The molecule has 0 saturated carbocycles. The van der Waals surface area contributed by atoms with E-state index in [2.05, 4.69) is 15.4 Å². The van der Waals surface area contributed by atoms with Crippen molar-refractivity contribution in [3.63, 3.8) is 0 Å². The van der Waals surface area contributed by atoms with Crippen molar-refractivity contribution < 1.29 is 19.1 Å². The predicted octanol–water partition coefficient (Wildman–Crippen LogP) is -1.24. The Morgan fingerprint density at radius 1 is 1.23 bits per heavy atom. The molecule has 0 rings (SSSR count). The molecule has 0 fully saturated rings. The topological polar surface area (TPSA) is 84.5 Å². The molecule has 0 heterocycles. The molecule has 0 bridgehead atoms. The SMILES string of the molecule is CNC(=O)C(NC(C)=O)OC(C)=O. The second-order valence-corrected chi connectivity index (χ2v) is 2.30. The van der Waals surface area contributed by atoms with Crippen LogP contribution in [0.2, 0.25) is 0 Å². The second kappa shape index (κ2) is 5.13. The van der Waals surface area contributed by atoms with Crippen molar-refractivity contribution in [3.8, 4) is 0 Å². The Hall–Kier alpha value is -1.59. The summed E-state index contributed by atoms with van der Waals surface area (Å²) < 4.78 is 4.53. The molecule has 6 heteroatoms.